The summed E-state index contributed by atoms with van der Waals surface area (Å²) < 4.78 is 10.3. The van der Waals surface area contributed by atoms with Crippen LogP contribution in [0, 0.1) is 5.92 Å². The molecule has 0 radical (unpaired) electrons. The normalized spacial score (nSPS) is 12.9. The number of aliphatic hydroxyl groups excluding tert-OH is 1. The van der Waals surface area contributed by atoms with E-state index in [0.29, 0.717) is 12.5 Å². The van der Waals surface area contributed by atoms with Gasteiger partial charge in [-0.15, -0.1) is 0 Å². The molecule has 0 heterocycles. The van der Waals surface area contributed by atoms with Gasteiger partial charge in [0.2, 0.25) is 0 Å². The summed E-state index contributed by atoms with van der Waals surface area (Å²) in [6.45, 7) is 6.58. The Balaban J connectivity index is 2.93. The molecule has 0 spiro atoms. The molecule has 0 saturated heterocycles. The van der Waals surface area contributed by atoms with Gasteiger partial charge in [0.1, 0.15) is 0 Å². The summed E-state index contributed by atoms with van der Waals surface area (Å²) >= 11 is 0. The molecule has 2 N–H and O–H groups in total. The van der Waals surface area contributed by atoms with Gasteiger partial charge in [0.15, 0.2) is 0 Å². The molecular weight excluding hydrogens is 206 g/mol. The summed E-state index contributed by atoms with van der Waals surface area (Å²) in [5.74, 6) is 0.423. The Labute approximate surface area is 99.3 Å². The van der Waals surface area contributed by atoms with E-state index in [-0.39, 0.29) is 0 Å². The average molecular weight is 233 g/mol. The predicted octanol–water partition coefficient (Wildman–Crippen LogP) is 1.04. The summed E-state index contributed by atoms with van der Waals surface area (Å²) in [4.78, 5) is 0. The van der Waals surface area contributed by atoms with Gasteiger partial charge in [-0.1, -0.05) is 6.92 Å². The van der Waals surface area contributed by atoms with Gasteiger partial charge in [0, 0.05) is 33.5 Å². The number of methoxy groups -OCH3 is 1. The van der Waals surface area contributed by atoms with Crippen LogP contribution in [0.4, 0.5) is 0 Å². The van der Waals surface area contributed by atoms with Gasteiger partial charge in [-0.25, -0.2) is 0 Å². The van der Waals surface area contributed by atoms with Crippen LogP contribution in [-0.2, 0) is 9.47 Å². The van der Waals surface area contributed by atoms with Crippen molar-refractivity contribution in [1.29, 1.82) is 0 Å². The van der Waals surface area contributed by atoms with Crippen molar-refractivity contribution in [3.05, 3.63) is 0 Å². The smallest absolute Gasteiger partial charge is 0.0590 e. The predicted molar refractivity (Wildman–Crippen MR) is 65.7 cm³/mol. The zero-order valence-electron chi connectivity index (χ0n) is 10.7. The van der Waals surface area contributed by atoms with E-state index in [2.05, 4.69) is 12.2 Å². The average Bonchev–Trinajstić information content (AvgIpc) is 2.31. The topological polar surface area (TPSA) is 50.7 Å². The van der Waals surface area contributed by atoms with E-state index < -0.39 is 0 Å². The molecule has 1 unspecified atom stereocenters. The molecule has 0 aromatic carbocycles. The van der Waals surface area contributed by atoms with E-state index in [4.69, 9.17) is 14.6 Å². The first-order valence-corrected chi connectivity index (χ1v) is 6.19. The molecule has 98 valence electrons. The fourth-order valence-electron chi connectivity index (χ4n) is 1.34. The molecule has 0 bridgehead atoms. The van der Waals surface area contributed by atoms with Gasteiger partial charge in [0.25, 0.3) is 0 Å². The molecular formula is C12H27NO3. The van der Waals surface area contributed by atoms with Gasteiger partial charge in [-0.2, -0.15) is 0 Å². The Morgan fingerprint density at radius 3 is 2.62 bits per heavy atom. The summed E-state index contributed by atoms with van der Waals surface area (Å²) in [6, 6.07) is 0. The van der Waals surface area contributed by atoms with Crippen LogP contribution >= 0.6 is 0 Å². The Kier molecular flexibility index (Phi) is 12.8. The summed E-state index contributed by atoms with van der Waals surface area (Å²) in [7, 11) is 1.70. The van der Waals surface area contributed by atoms with Crippen molar-refractivity contribution >= 4 is 0 Å². The third-order valence-electron chi connectivity index (χ3n) is 2.42. The Bertz CT molecular complexity index is 133. The number of hydrogen-bond acceptors (Lipinski definition) is 4. The summed E-state index contributed by atoms with van der Waals surface area (Å²) in [5, 5.41) is 12.1. The van der Waals surface area contributed by atoms with Crippen molar-refractivity contribution in [3.8, 4) is 0 Å². The molecule has 4 nitrogen and oxygen atoms in total. The van der Waals surface area contributed by atoms with Crippen molar-refractivity contribution < 1.29 is 14.6 Å². The lowest BCUT2D eigenvalue weighted by atomic mass is 10.1. The lowest BCUT2D eigenvalue weighted by Gasteiger charge is -2.08. The number of rotatable bonds is 12. The van der Waals surface area contributed by atoms with Gasteiger partial charge in [0.05, 0.1) is 6.61 Å². The second-order valence-corrected chi connectivity index (χ2v) is 4.14. The molecule has 0 saturated carbocycles. The molecule has 0 aliphatic carbocycles. The molecule has 0 amide bonds. The van der Waals surface area contributed by atoms with E-state index in [9.17, 15) is 0 Å². The lowest BCUT2D eigenvalue weighted by molar-refractivity contribution is 0.104. The number of hydrogen-bond donors (Lipinski definition) is 2. The highest BCUT2D eigenvalue weighted by Gasteiger charge is 1.98. The molecule has 0 aliphatic rings. The van der Waals surface area contributed by atoms with Crippen molar-refractivity contribution in [2.24, 2.45) is 5.92 Å². The first kappa shape index (κ1) is 15.8. The Morgan fingerprint density at radius 1 is 1.12 bits per heavy atom. The van der Waals surface area contributed by atoms with Crippen molar-refractivity contribution in [1.82, 2.24) is 5.32 Å². The van der Waals surface area contributed by atoms with E-state index >= 15 is 0 Å². The van der Waals surface area contributed by atoms with Gasteiger partial charge in [-0.3, -0.25) is 0 Å². The SMILES string of the molecule is COCCCOCCNCCCC(C)CO. The number of nitrogens with one attached hydrogen (secondary N) is 1. The molecule has 0 rings (SSSR count). The first-order chi connectivity index (χ1) is 7.81. The van der Waals surface area contributed by atoms with Crippen molar-refractivity contribution in [2.45, 2.75) is 26.2 Å². The fraction of sp³-hybridized carbons (Fsp3) is 1.00. The third kappa shape index (κ3) is 11.9. The number of ether oxygens (including phenoxy) is 2. The van der Waals surface area contributed by atoms with Crippen LogP contribution in [0.2, 0.25) is 0 Å². The van der Waals surface area contributed by atoms with Crippen LogP contribution in [0.5, 0.6) is 0 Å². The third-order valence-corrected chi connectivity index (χ3v) is 2.42. The minimum Gasteiger partial charge on any atom is -0.396 e. The molecule has 16 heavy (non-hydrogen) atoms. The first-order valence-electron chi connectivity index (χ1n) is 6.19. The van der Waals surface area contributed by atoms with Gasteiger partial charge < -0.3 is 19.9 Å². The van der Waals surface area contributed by atoms with Gasteiger partial charge in [-0.05, 0) is 31.7 Å². The Morgan fingerprint density at radius 2 is 1.94 bits per heavy atom. The van der Waals surface area contributed by atoms with E-state index in [1.165, 1.54) is 0 Å². The van der Waals surface area contributed by atoms with Crippen LogP contribution in [0.1, 0.15) is 26.2 Å². The maximum absolute atomic E-state index is 8.83. The maximum atomic E-state index is 8.83. The second-order valence-electron chi connectivity index (χ2n) is 4.14. The van der Waals surface area contributed by atoms with Gasteiger partial charge >= 0.3 is 0 Å². The zero-order chi connectivity index (χ0) is 12.1. The molecule has 0 aliphatic heterocycles. The molecule has 1 atom stereocenters. The quantitative estimate of drug-likeness (QED) is 0.495. The fourth-order valence-corrected chi connectivity index (χ4v) is 1.34. The monoisotopic (exact) mass is 233 g/mol. The van der Waals surface area contributed by atoms with Crippen LogP contribution in [0.15, 0.2) is 0 Å². The van der Waals surface area contributed by atoms with Crippen LogP contribution in [0.25, 0.3) is 0 Å². The van der Waals surface area contributed by atoms with Crippen LogP contribution < -0.4 is 5.32 Å². The Hall–Kier alpha value is -0.160. The van der Waals surface area contributed by atoms with Crippen molar-refractivity contribution in [3.63, 3.8) is 0 Å². The second kappa shape index (κ2) is 12.9. The zero-order valence-corrected chi connectivity index (χ0v) is 10.7. The summed E-state index contributed by atoms with van der Waals surface area (Å²) in [5.41, 5.74) is 0. The lowest BCUT2D eigenvalue weighted by Crippen LogP contribution is -2.21. The van der Waals surface area contributed by atoms with E-state index in [1.54, 1.807) is 7.11 Å². The minimum absolute atomic E-state index is 0.294. The standard InChI is InChI=1S/C12H27NO3/c1-12(11-14)5-3-6-13-7-10-16-9-4-8-15-2/h12-14H,3-11H2,1-2H3. The molecule has 0 aromatic heterocycles. The molecule has 0 fully saturated rings. The van der Waals surface area contributed by atoms with Crippen molar-refractivity contribution in [2.75, 3.05) is 46.6 Å². The molecule has 4 heteroatoms. The van der Waals surface area contributed by atoms with E-state index in [1.807, 2.05) is 0 Å². The van der Waals surface area contributed by atoms with E-state index in [0.717, 1.165) is 52.2 Å². The number of aliphatic hydroxyl groups is 1. The summed E-state index contributed by atoms with van der Waals surface area (Å²) in [6.07, 6.45) is 3.16. The maximum Gasteiger partial charge on any atom is 0.0590 e. The largest absolute Gasteiger partial charge is 0.396 e. The minimum atomic E-state index is 0.294. The van der Waals surface area contributed by atoms with Crippen LogP contribution in [-0.4, -0.2) is 51.7 Å². The highest BCUT2D eigenvalue weighted by molar-refractivity contribution is 4.53. The highest BCUT2D eigenvalue weighted by Crippen LogP contribution is 2.02. The molecule has 0 aromatic rings. The van der Waals surface area contributed by atoms with Crippen LogP contribution in [0.3, 0.4) is 0 Å². The highest BCUT2D eigenvalue weighted by atomic mass is 16.5.